The molecule has 1 saturated heterocycles. The Bertz CT molecular complexity index is 666. The number of hydrogen-bond acceptors (Lipinski definition) is 4. The molecule has 1 aliphatic heterocycles. The molecule has 2 saturated carbocycles. The minimum Gasteiger partial charge on any atom is -0.272 e. The average molecular weight is 443 g/mol. The molecule has 2 heterocycles. The van der Waals surface area contributed by atoms with Crippen LogP contribution in [-0.2, 0) is 9.59 Å². The second kappa shape index (κ2) is 5.37. The summed E-state index contributed by atoms with van der Waals surface area (Å²) in [4.78, 5) is 41.7. The number of alkyl halides is 2. The number of halogens is 2. The maximum atomic E-state index is 12.6. The number of hydrazine groups is 1. The lowest BCUT2D eigenvalue weighted by atomic mass is 9.81. The van der Waals surface area contributed by atoms with E-state index in [0.717, 1.165) is 11.4 Å². The molecule has 120 valence electrons. The van der Waals surface area contributed by atoms with E-state index >= 15 is 0 Å². The van der Waals surface area contributed by atoms with Gasteiger partial charge in [0.2, 0.25) is 0 Å². The van der Waals surface area contributed by atoms with Gasteiger partial charge >= 0.3 is 0 Å². The fourth-order valence-corrected chi connectivity index (χ4v) is 6.00. The zero-order valence-electron chi connectivity index (χ0n) is 11.9. The third kappa shape index (κ3) is 2.11. The summed E-state index contributed by atoms with van der Waals surface area (Å²) in [5.41, 5.74) is 2.82. The second-order valence-electron chi connectivity index (χ2n) is 6.19. The number of amides is 3. The van der Waals surface area contributed by atoms with Gasteiger partial charge in [-0.2, -0.15) is 5.01 Å². The average Bonchev–Trinajstić information content (AvgIpc) is 3.16. The van der Waals surface area contributed by atoms with Crippen LogP contribution in [-0.4, -0.2) is 37.4 Å². The number of carbonyl (C=O) groups excluding carboxylic acids is 3. The van der Waals surface area contributed by atoms with Crippen LogP contribution in [0, 0.1) is 23.7 Å². The third-order valence-electron chi connectivity index (χ3n) is 5.14. The molecule has 2 aliphatic carbocycles. The van der Waals surface area contributed by atoms with Gasteiger partial charge in [0.05, 0.1) is 11.8 Å². The van der Waals surface area contributed by atoms with E-state index in [1.165, 1.54) is 24.5 Å². The molecule has 3 aliphatic rings. The molecule has 3 amide bonds. The zero-order chi connectivity index (χ0) is 16.3. The SMILES string of the molecule is O=C(NN1C(=O)[C@H]2[C@@H]3C[C@H]([C@@H](Br)[C@H]3Br)[C@@H]2C1=O)c1ccncc1. The molecule has 1 aromatic rings. The van der Waals surface area contributed by atoms with Crippen LogP contribution in [0.25, 0.3) is 0 Å². The van der Waals surface area contributed by atoms with Gasteiger partial charge in [-0.15, -0.1) is 0 Å². The van der Waals surface area contributed by atoms with Crippen LogP contribution >= 0.6 is 31.9 Å². The Hall–Kier alpha value is -1.28. The monoisotopic (exact) mass is 441 g/mol. The minimum atomic E-state index is -0.479. The van der Waals surface area contributed by atoms with E-state index in [2.05, 4.69) is 42.3 Å². The number of carbonyl (C=O) groups is 3. The zero-order valence-corrected chi connectivity index (χ0v) is 15.0. The van der Waals surface area contributed by atoms with Crippen LogP contribution in [0.3, 0.4) is 0 Å². The molecule has 0 radical (unpaired) electrons. The summed E-state index contributed by atoms with van der Waals surface area (Å²) >= 11 is 7.26. The molecule has 2 bridgehead atoms. The van der Waals surface area contributed by atoms with E-state index in [0.29, 0.717) is 5.56 Å². The maximum Gasteiger partial charge on any atom is 0.270 e. The van der Waals surface area contributed by atoms with Crippen LogP contribution in [0.1, 0.15) is 16.8 Å². The van der Waals surface area contributed by atoms with Crippen LogP contribution in [0.2, 0.25) is 0 Å². The highest BCUT2D eigenvalue weighted by Crippen LogP contribution is 2.59. The van der Waals surface area contributed by atoms with Crippen LogP contribution in [0.15, 0.2) is 24.5 Å². The molecule has 1 N–H and O–H groups in total. The number of rotatable bonds is 2. The van der Waals surface area contributed by atoms with E-state index in [-0.39, 0.29) is 45.1 Å². The molecule has 1 aromatic heterocycles. The smallest absolute Gasteiger partial charge is 0.270 e. The van der Waals surface area contributed by atoms with Gasteiger partial charge in [0.25, 0.3) is 17.7 Å². The molecule has 6 nitrogen and oxygen atoms in total. The molecular weight excluding hydrogens is 430 g/mol. The van der Waals surface area contributed by atoms with Gasteiger partial charge < -0.3 is 0 Å². The summed E-state index contributed by atoms with van der Waals surface area (Å²) in [6.07, 6.45) is 3.84. The van der Waals surface area contributed by atoms with Crippen molar-refractivity contribution in [2.75, 3.05) is 0 Å². The van der Waals surface area contributed by atoms with Crippen molar-refractivity contribution < 1.29 is 14.4 Å². The van der Waals surface area contributed by atoms with Crippen molar-refractivity contribution in [2.45, 2.75) is 16.1 Å². The number of imide groups is 1. The predicted molar refractivity (Wildman–Crippen MR) is 87.6 cm³/mol. The summed E-state index contributed by atoms with van der Waals surface area (Å²) < 4.78 is 0. The highest BCUT2D eigenvalue weighted by molar-refractivity contribution is 9.12. The number of nitrogens with zero attached hydrogens (tertiary/aromatic N) is 2. The second-order valence-corrected chi connectivity index (χ2v) is 8.31. The van der Waals surface area contributed by atoms with Crippen molar-refractivity contribution in [1.82, 2.24) is 15.4 Å². The largest absolute Gasteiger partial charge is 0.272 e. The van der Waals surface area contributed by atoms with E-state index in [4.69, 9.17) is 0 Å². The Balaban J connectivity index is 1.57. The number of pyridine rings is 1. The van der Waals surface area contributed by atoms with E-state index < -0.39 is 5.91 Å². The molecule has 0 aromatic carbocycles. The lowest BCUT2D eigenvalue weighted by Crippen LogP contribution is -2.47. The number of hydrogen-bond donors (Lipinski definition) is 1. The van der Waals surface area contributed by atoms with Gasteiger partial charge in [0, 0.05) is 27.6 Å². The van der Waals surface area contributed by atoms with Gasteiger partial charge in [-0.05, 0) is 30.4 Å². The Morgan fingerprint density at radius 2 is 1.61 bits per heavy atom. The maximum absolute atomic E-state index is 12.6. The van der Waals surface area contributed by atoms with E-state index in [1.807, 2.05) is 0 Å². The van der Waals surface area contributed by atoms with Crippen molar-refractivity contribution >= 4 is 49.6 Å². The Morgan fingerprint density at radius 3 is 2.13 bits per heavy atom. The summed E-state index contributed by atoms with van der Waals surface area (Å²) in [6, 6.07) is 3.07. The van der Waals surface area contributed by atoms with Gasteiger partial charge in [-0.1, -0.05) is 31.9 Å². The van der Waals surface area contributed by atoms with Crippen LogP contribution in [0.5, 0.6) is 0 Å². The normalized spacial score (nSPS) is 38.1. The standard InChI is InChI=1S/C15H13Br2N3O3/c16-11-7-5-8(12(11)17)10-9(7)14(22)20(15(10)23)19-13(21)6-1-3-18-4-2-6/h1-4,7-12H,5H2,(H,19,21)/t7-,8-,9-,10-,11-,12+/m0/s1. The summed E-state index contributed by atoms with van der Waals surface area (Å²) in [7, 11) is 0. The van der Waals surface area contributed by atoms with Crippen molar-refractivity contribution in [3.05, 3.63) is 30.1 Å². The van der Waals surface area contributed by atoms with Crippen LogP contribution in [0.4, 0.5) is 0 Å². The highest BCUT2D eigenvalue weighted by atomic mass is 79.9. The molecule has 0 unspecified atom stereocenters. The number of fused-ring (bicyclic) bond motifs is 5. The van der Waals surface area contributed by atoms with Crippen molar-refractivity contribution in [3.8, 4) is 0 Å². The first-order valence-corrected chi connectivity index (χ1v) is 9.21. The number of nitrogens with one attached hydrogen (secondary N) is 1. The Labute approximate surface area is 149 Å². The van der Waals surface area contributed by atoms with Crippen molar-refractivity contribution in [1.29, 1.82) is 0 Å². The summed E-state index contributed by atoms with van der Waals surface area (Å²) in [5.74, 6) is -1.46. The molecular formula is C15H13Br2N3O3. The Morgan fingerprint density at radius 1 is 1.09 bits per heavy atom. The first kappa shape index (κ1) is 15.3. The first-order valence-electron chi connectivity index (χ1n) is 7.37. The predicted octanol–water partition coefficient (Wildman–Crippen LogP) is 1.50. The molecule has 3 fully saturated rings. The first-order chi connectivity index (χ1) is 11.0. The summed E-state index contributed by atoms with van der Waals surface area (Å²) in [5, 5.41) is 0.919. The van der Waals surface area contributed by atoms with E-state index in [9.17, 15) is 14.4 Å². The lowest BCUT2D eigenvalue weighted by molar-refractivity contribution is -0.143. The van der Waals surface area contributed by atoms with Gasteiger partial charge in [0.1, 0.15) is 0 Å². The fraction of sp³-hybridized carbons (Fsp3) is 0.467. The summed E-state index contributed by atoms with van der Waals surface area (Å²) in [6.45, 7) is 0. The van der Waals surface area contributed by atoms with Crippen LogP contribution < -0.4 is 5.43 Å². The topological polar surface area (TPSA) is 79.4 Å². The van der Waals surface area contributed by atoms with Gasteiger partial charge in [0.15, 0.2) is 0 Å². The highest BCUT2D eigenvalue weighted by Gasteiger charge is 2.66. The van der Waals surface area contributed by atoms with Crippen molar-refractivity contribution in [3.63, 3.8) is 0 Å². The molecule has 0 spiro atoms. The molecule has 8 heteroatoms. The van der Waals surface area contributed by atoms with Gasteiger partial charge in [-0.3, -0.25) is 24.8 Å². The number of aromatic nitrogens is 1. The fourth-order valence-electron chi connectivity index (χ4n) is 4.13. The lowest BCUT2D eigenvalue weighted by Gasteiger charge is -2.28. The Kier molecular flexibility index (Phi) is 3.57. The minimum absolute atomic E-state index is 0.133. The molecule has 4 rings (SSSR count). The molecule has 6 atom stereocenters. The quantitative estimate of drug-likeness (QED) is 0.556. The third-order valence-corrected chi connectivity index (χ3v) is 8.35. The van der Waals surface area contributed by atoms with Gasteiger partial charge in [-0.25, -0.2) is 0 Å². The van der Waals surface area contributed by atoms with Crippen molar-refractivity contribution in [2.24, 2.45) is 23.7 Å². The molecule has 23 heavy (non-hydrogen) atoms. The van der Waals surface area contributed by atoms with E-state index in [1.54, 1.807) is 0 Å².